The predicted molar refractivity (Wildman–Crippen MR) is 169 cm³/mol. The molecule has 1 aliphatic carbocycles. The van der Waals surface area contributed by atoms with Crippen LogP contribution in [-0.2, 0) is 9.63 Å². The molecule has 42 heavy (non-hydrogen) atoms. The Morgan fingerprint density at radius 1 is 1.02 bits per heavy atom. The van der Waals surface area contributed by atoms with Gasteiger partial charge in [0.05, 0.1) is 0 Å². The minimum Gasteiger partial charge on any atom is -0.344 e. The van der Waals surface area contributed by atoms with E-state index in [0.29, 0.717) is 21.7 Å². The van der Waals surface area contributed by atoms with Crippen LogP contribution >= 0.6 is 23.4 Å². The molecule has 6 nitrogen and oxygen atoms in total. The van der Waals surface area contributed by atoms with Crippen LogP contribution in [0.5, 0.6) is 0 Å². The van der Waals surface area contributed by atoms with Crippen LogP contribution in [0.1, 0.15) is 51.6 Å². The highest BCUT2D eigenvalue weighted by molar-refractivity contribution is 8.00. The van der Waals surface area contributed by atoms with Crippen LogP contribution in [0, 0.1) is 6.92 Å². The second kappa shape index (κ2) is 12.8. The number of hydrogen-bond donors (Lipinski definition) is 0. The number of oxime groups is 1. The van der Waals surface area contributed by atoms with Crippen LogP contribution in [0.2, 0.25) is 5.02 Å². The summed E-state index contributed by atoms with van der Waals surface area (Å²) in [7, 11) is 0. The number of allylic oxidation sites excluding steroid dienone is 5. The largest absolute Gasteiger partial charge is 0.344 e. The maximum Gasteiger partial charge on any atom is 0.331 e. The van der Waals surface area contributed by atoms with E-state index in [-0.39, 0.29) is 28.9 Å². The van der Waals surface area contributed by atoms with Crippen LogP contribution in [-0.4, -0.2) is 35.5 Å². The van der Waals surface area contributed by atoms with Crippen molar-refractivity contribution < 1.29 is 19.2 Å². The molecule has 1 unspecified atom stereocenters. The molecule has 0 fully saturated rings. The lowest BCUT2D eigenvalue weighted by molar-refractivity contribution is -0.140. The normalized spacial score (nSPS) is 15.8. The summed E-state index contributed by atoms with van der Waals surface area (Å²) in [6, 6.07) is 20.4. The summed E-state index contributed by atoms with van der Waals surface area (Å²) in [6.45, 7) is 5.97. The van der Waals surface area contributed by atoms with Crippen molar-refractivity contribution in [2.45, 2.75) is 31.6 Å². The maximum atomic E-state index is 13.7. The van der Waals surface area contributed by atoms with Crippen molar-refractivity contribution in [3.63, 3.8) is 0 Å². The molecule has 0 aromatic heterocycles. The van der Waals surface area contributed by atoms with Crippen molar-refractivity contribution in [2.24, 2.45) is 5.16 Å². The Morgan fingerprint density at radius 3 is 2.50 bits per heavy atom. The first-order valence-corrected chi connectivity index (χ1v) is 14.9. The zero-order chi connectivity index (χ0) is 29.8. The van der Waals surface area contributed by atoms with Crippen molar-refractivity contribution in [2.75, 3.05) is 17.2 Å². The number of Topliss-reactive ketones (excluding diaryl/α,β-unsaturated/α-hetero) is 2. The number of rotatable bonds is 9. The highest BCUT2D eigenvalue weighted by Gasteiger charge is 2.33. The number of nitrogens with zero attached hydrogens (tertiary/aromatic N) is 2. The van der Waals surface area contributed by atoms with Gasteiger partial charge in [-0.1, -0.05) is 53.2 Å². The molecular formula is C34H29ClN2O4S. The summed E-state index contributed by atoms with van der Waals surface area (Å²) >= 11 is 7.39. The Bertz CT molecular complexity index is 1690. The lowest BCUT2D eigenvalue weighted by Gasteiger charge is -2.20. The smallest absolute Gasteiger partial charge is 0.331 e. The van der Waals surface area contributed by atoms with Gasteiger partial charge in [-0.2, -0.15) is 0 Å². The number of thioether (sulfide) groups is 1. The maximum absolute atomic E-state index is 13.7. The highest BCUT2D eigenvalue weighted by atomic mass is 35.5. The molecule has 0 spiro atoms. The van der Waals surface area contributed by atoms with E-state index < -0.39 is 5.97 Å². The van der Waals surface area contributed by atoms with Gasteiger partial charge >= 0.3 is 5.97 Å². The van der Waals surface area contributed by atoms with E-state index in [9.17, 15) is 14.4 Å². The van der Waals surface area contributed by atoms with Gasteiger partial charge in [-0.15, -0.1) is 11.8 Å². The Morgan fingerprint density at radius 2 is 1.79 bits per heavy atom. The molecular weight excluding hydrogens is 568 g/mol. The van der Waals surface area contributed by atoms with Gasteiger partial charge in [0.15, 0.2) is 5.78 Å². The number of aryl methyl sites for hydroxylation is 1. The van der Waals surface area contributed by atoms with Crippen LogP contribution in [0.25, 0.3) is 0 Å². The SMILES string of the molecule is CCN1C2=CC=C(C(=O)c3ccccc3C)C=CC2c2cc(C(=O)/C(CSc3ccc(Cl)cc3)=N/OC(C)=O)ccc21. The number of ketones is 2. The van der Waals surface area contributed by atoms with Gasteiger partial charge in [-0.3, -0.25) is 9.59 Å². The minimum atomic E-state index is -0.605. The van der Waals surface area contributed by atoms with Gasteiger partial charge < -0.3 is 9.74 Å². The first-order valence-electron chi connectivity index (χ1n) is 13.6. The first-order chi connectivity index (χ1) is 20.3. The molecule has 0 saturated carbocycles. The van der Waals surface area contributed by atoms with E-state index in [2.05, 4.69) is 17.0 Å². The lowest BCUT2D eigenvalue weighted by Crippen LogP contribution is -2.19. The Hall–Kier alpha value is -4.20. The van der Waals surface area contributed by atoms with E-state index in [1.165, 1.54) is 18.7 Å². The fraction of sp³-hybridized carbons (Fsp3) is 0.176. The second-order valence-corrected chi connectivity index (χ2v) is 11.4. The monoisotopic (exact) mass is 596 g/mol. The zero-order valence-electron chi connectivity index (χ0n) is 23.5. The molecule has 1 aliphatic heterocycles. The lowest BCUT2D eigenvalue weighted by atomic mass is 9.94. The molecule has 0 radical (unpaired) electrons. The summed E-state index contributed by atoms with van der Waals surface area (Å²) in [6.07, 6.45) is 7.77. The third kappa shape index (κ3) is 6.17. The van der Waals surface area contributed by atoms with Crippen LogP contribution in [0.15, 0.2) is 112 Å². The average Bonchev–Trinajstić information content (AvgIpc) is 3.12. The number of fused-ring (bicyclic) bond motifs is 3. The topological polar surface area (TPSA) is 76.0 Å². The Balaban J connectivity index is 1.44. The molecule has 3 aromatic carbocycles. The van der Waals surface area contributed by atoms with E-state index >= 15 is 0 Å². The van der Waals surface area contributed by atoms with E-state index in [1.54, 1.807) is 18.2 Å². The van der Waals surface area contributed by atoms with Crippen molar-refractivity contribution >= 4 is 52.3 Å². The quantitative estimate of drug-likeness (QED) is 0.0827. The number of carbonyl (C=O) groups is 3. The van der Waals surface area contributed by atoms with Crippen molar-refractivity contribution in [3.05, 3.63) is 130 Å². The number of benzene rings is 3. The third-order valence-corrected chi connectivity index (χ3v) is 8.43. The number of halogens is 1. The molecule has 5 rings (SSSR count). The number of carbonyl (C=O) groups excluding carboxylic acids is 3. The predicted octanol–water partition coefficient (Wildman–Crippen LogP) is 7.73. The molecule has 2 aliphatic rings. The summed E-state index contributed by atoms with van der Waals surface area (Å²) in [4.78, 5) is 46.5. The second-order valence-electron chi connectivity index (χ2n) is 9.90. The molecule has 1 heterocycles. The molecule has 212 valence electrons. The van der Waals surface area contributed by atoms with Gasteiger partial charge in [0.25, 0.3) is 0 Å². The van der Waals surface area contributed by atoms with E-state index in [4.69, 9.17) is 16.4 Å². The van der Waals surface area contributed by atoms with Crippen LogP contribution in [0.4, 0.5) is 5.69 Å². The van der Waals surface area contributed by atoms with Crippen LogP contribution in [0.3, 0.4) is 0 Å². The molecule has 0 saturated heterocycles. The average molecular weight is 597 g/mol. The van der Waals surface area contributed by atoms with Crippen molar-refractivity contribution in [1.29, 1.82) is 0 Å². The molecule has 3 aromatic rings. The Kier molecular flexibility index (Phi) is 8.90. The molecule has 0 bridgehead atoms. The van der Waals surface area contributed by atoms with Crippen molar-refractivity contribution in [1.82, 2.24) is 0 Å². The Labute approximate surface area is 254 Å². The van der Waals surface area contributed by atoms with Gasteiger partial charge in [-0.05, 0) is 79.6 Å². The summed E-state index contributed by atoms with van der Waals surface area (Å²) in [5.41, 5.74) is 5.77. The van der Waals surface area contributed by atoms with Crippen molar-refractivity contribution in [3.8, 4) is 0 Å². The van der Waals surface area contributed by atoms with E-state index in [0.717, 1.165) is 34.0 Å². The third-order valence-electron chi connectivity index (χ3n) is 7.15. The molecule has 8 heteroatoms. The number of likely N-dealkylation sites (N-methyl/N-ethyl adjacent to an activating group) is 1. The summed E-state index contributed by atoms with van der Waals surface area (Å²) in [5, 5.41) is 4.52. The fourth-order valence-corrected chi connectivity index (χ4v) is 6.01. The summed E-state index contributed by atoms with van der Waals surface area (Å²) < 4.78 is 0. The van der Waals surface area contributed by atoms with Gasteiger partial charge in [0.1, 0.15) is 5.71 Å². The van der Waals surface area contributed by atoms with E-state index in [1.807, 2.05) is 79.8 Å². The van der Waals surface area contributed by atoms with Crippen LogP contribution < -0.4 is 4.90 Å². The fourth-order valence-electron chi connectivity index (χ4n) is 5.07. The van der Waals surface area contributed by atoms with Gasteiger partial charge in [0.2, 0.25) is 5.78 Å². The molecule has 1 atom stereocenters. The molecule has 0 amide bonds. The zero-order valence-corrected chi connectivity index (χ0v) is 25.0. The standard InChI is InChI=1S/C34H29ClN2O4S/c1-4-37-31-17-10-23(33(39)27-8-6-5-7-21(27)2)9-16-28(31)29-19-24(11-18-32(29)37)34(40)30(36-41-22(3)38)20-42-26-14-12-25(35)13-15-26/h5-19,28H,4,20H2,1-3H3/b36-30+. The summed E-state index contributed by atoms with van der Waals surface area (Å²) in [5.74, 6) is -0.894. The first kappa shape index (κ1) is 29.3. The van der Waals surface area contributed by atoms with Gasteiger partial charge in [0, 0.05) is 63.1 Å². The number of hydrogen-bond acceptors (Lipinski definition) is 7. The minimum absolute atomic E-state index is 0.0297. The highest BCUT2D eigenvalue weighted by Crippen LogP contribution is 2.46. The van der Waals surface area contributed by atoms with Gasteiger partial charge in [-0.25, -0.2) is 4.79 Å². The number of anilines is 1. The molecule has 0 N–H and O–H groups in total.